The van der Waals surface area contributed by atoms with Gasteiger partial charge in [-0.3, -0.25) is 0 Å². The maximum atomic E-state index is 10.5. The molecule has 1 N–H and O–H groups in total. The molecule has 0 rings (SSSR count). The van der Waals surface area contributed by atoms with Crippen molar-refractivity contribution in [3.63, 3.8) is 0 Å². The van der Waals surface area contributed by atoms with Gasteiger partial charge in [-0.15, -0.1) is 0 Å². The molecule has 0 aliphatic heterocycles. The second kappa shape index (κ2) is 4.41. The molecule has 3 heteroatoms. The Morgan fingerprint density at radius 3 is 2.50 bits per heavy atom. The van der Waals surface area contributed by atoms with Gasteiger partial charge in [0.05, 0.1) is 0 Å². The van der Waals surface area contributed by atoms with E-state index in [2.05, 4.69) is 4.74 Å². The molecule has 0 aliphatic rings. The van der Waals surface area contributed by atoms with Crippen LogP contribution in [0.3, 0.4) is 0 Å². The average Bonchev–Trinajstić information content (AvgIpc) is 1.85. The van der Waals surface area contributed by atoms with Crippen LogP contribution in [-0.2, 0) is 9.53 Å². The fourth-order valence-corrected chi connectivity index (χ4v) is 0.787. The van der Waals surface area contributed by atoms with Crippen molar-refractivity contribution >= 4 is 5.78 Å². The van der Waals surface area contributed by atoms with Crippen molar-refractivity contribution in [2.75, 3.05) is 7.11 Å². The van der Waals surface area contributed by atoms with Crippen LogP contribution in [0.15, 0.2) is 0 Å². The highest BCUT2D eigenvalue weighted by Gasteiger charge is 2.14. The predicted octanol–water partition coefficient (Wildman–Crippen LogP) is 0.566. The van der Waals surface area contributed by atoms with Crippen LogP contribution in [0.25, 0.3) is 0 Å². The summed E-state index contributed by atoms with van der Waals surface area (Å²) in [4.78, 5) is 10.5. The lowest BCUT2D eigenvalue weighted by Gasteiger charge is -2.14. The van der Waals surface area contributed by atoms with Crippen LogP contribution in [0.4, 0.5) is 0 Å². The lowest BCUT2D eigenvalue weighted by molar-refractivity contribution is -0.129. The van der Waals surface area contributed by atoms with Crippen molar-refractivity contribution < 1.29 is 14.6 Å². The minimum atomic E-state index is -0.816. The van der Waals surface area contributed by atoms with Crippen LogP contribution in [0.5, 0.6) is 0 Å². The number of hydrogen-bond donors (Lipinski definition) is 1. The number of aliphatic hydroxyl groups excluding tert-OH is 1. The number of ether oxygens (including phenoxy) is 1. The zero-order valence-corrected chi connectivity index (χ0v) is 6.63. The van der Waals surface area contributed by atoms with Gasteiger partial charge < -0.3 is 14.6 Å². The maximum absolute atomic E-state index is 10.5. The molecule has 3 nitrogen and oxygen atoms in total. The first-order valence-electron chi connectivity index (χ1n) is 3.28. The van der Waals surface area contributed by atoms with E-state index in [0.717, 1.165) is 0 Å². The normalized spacial score (nSPS) is 16.4. The molecule has 0 amide bonds. The van der Waals surface area contributed by atoms with Crippen LogP contribution in [0.2, 0.25) is 0 Å². The van der Waals surface area contributed by atoms with Crippen LogP contribution in [0, 0.1) is 5.92 Å². The highest BCUT2D eigenvalue weighted by atomic mass is 16.6. The molecule has 0 spiro atoms. The Bertz CT molecular complexity index is 111. The van der Waals surface area contributed by atoms with E-state index >= 15 is 0 Å². The van der Waals surface area contributed by atoms with Gasteiger partial charge in [0.15, 0.2) is 6.29 Å². The largest absolute Gasteiger partial charge is 0.368 e. The molecule has 2 atom stereocenters. The molecule has 10 heavy (non-hydrogen) atoms. The molecule has 60 valence electrons. The average molecular weight is 146 g/mol. The van der Waals surface area contributed by atoms with Crippen molar-refractivity contribution in [2.45, 2.75) is 26.6 Å². The SMILES string of the molecule is COC(O)C(C)CC(C)=O. The van der Waals surface area contributed by atoms with E-state index in [1.54, 1.807) is 6.92 Å². The molecule has 0 fully saturated rings. The second-order valence-corrected chi connectivity index (χ2v) is 2.51. The summed E-state index contributed by atoms with van der Waals surface area (Å²) in [6.45, 7) is 3.27. The van der Waals surface area contributed by atoms with Gasteiger partial charge in [-0.2, -0.15) is 0 Å². The summed E-state index contributed by atoms with van der Waals surface area (Å²) in [6, 6.07) is 0. The number of hydrogen-bond acceptors (Lipinski definition) is 3. The fraction of sp³-hybridized carbons (Fsp3) is 0.857. The standard InChI is InChI=1S/C7H14O3/c1-5(4-6(2)8)7(9)10-3/h5,7,9H,4H2,1-3H3. The van der Waals surface area contributed by atoms with Gasteiger partial charge in [0.2, 0.25) is 0 Å². The first-order valence-corrected chi connectivity index (χ1v) is 3.28. The summed E-state index contributed by atoms with van der Waals surface area (Å²) in [5.74, 6) is -0.0360. The van der Waals surface area contributed by atoms with E-state index in [9.17, 15) is 4.79 Å². The molecule has 0 saturated heterocycles. The van der Waals surface area contributed by atoms with E-state index in [1.807, 2.05) is 0 Å². The summed E-state index contributed by atoms with van der Waals surface area (Å²) in [5, 5.41) is 9.00. The van der Waals surface area contributed by atoms with Gasteiger partial charge >= 0.3 is 0 Å². The Balaban J connectivity index is 3.61. The number of carbonyl (C=O) groups excluding carboxylic acids is 1. The van der Waals surface area contributed by atoms with Crippen molar-refractivity contribution in [1.82, 2.24) is 0 Å². The molecule has 2 unspecified atom stereocenters. The lowest BCUT2D eigenvalue weighted by Crippen LogP contribution is -2.21. The molecule has 0 bridgehead atoms. The van der Waals surface area contributed by atoms with E-state index in [4.69, 9.17) is 5.11 Å². The van der Waals surface area contributed by atoms with Crippen LogP contribution >= 0.6 is 0 Å². The number of ketones is 1. The van der Waals surface area contributed by atoms with Crippen molar-refractivity contribution in [3.05, 3.63) is 0 Å². The minimum absolute atomic E-state index is 0.0728. The Morgan fingerprint density at radius 1 is 1.70 bits per heavy atom. The fourth-order valence-electron chi connectivity index (χ4n) is 0.787. The molecule has 0 aromatic carbocycles. The number of carbonyl (C=O) groups is 1. The number of methoxy groups -OCH3 is 1. The first-order chi connectivity index (χ1) is 4.57. The summed E-state index contributed by atoms with van der Waals surface area (Å²) < 4.78 is 4.62. The third-order valence-corrected chi connectivity index (χ3v) is 1.34. The Kier molecular flexibility index (Phi) is 4.23. The third kappa shape index (κ3) is 3.58. The Hall–Kier alpha value is -0.410. The zero-order valence-electron chi connectivity index (χ0n) is 6.63. The minimum Gasteiger partial charge on any atom is -0.368 e. The van der Waals surface area contributed by atoms with E-state index < -0.39 is 6.29 Å². The smallest absolute Gasteiger partial charge is 0.157 e. The molecule has 0 aliphatic carbocycles. The van der Waals surface area contributed by atoms with Gasteiger partial charge in [0.25, 0.3) is 0 Å². The monoisotopic (exact) mass is 146 g/mol. The van der Waals surface area contributed by atoms with Crippen LogP contribution < -0.4 is 0 Å². The van der Waals surface area contributed by atoms with Gasteiger partial charge in [0.1, 0.15) is 5.78 Å². The Morgan fingerprint density at radius 2 is 2.20 bits per heavy atom. The summed E-state index contributed by atoms with van der Waals surface area (Å²) in [6.07, 6.45) is -0.446. The van der Waals surface area contributed by atoms with Crippen LogP contribution in [-0.4, -0.2) is 24.3 Å². The topological polar surface area (TPSA) is 46.5 Å². The predicted molar refractivity (Wildman–Crippen MR) is 37.5 cm³/mol. The molecule has 0 saturated carbocycles. The van der Waals surface area contributed by atoms with E-state index in [-0.39, 0.29) is 11.7 Å². The van der Waals surface area contributed by atoms with Crippen molar-refractivity contribution in [3.8, 4) is 0 Å². The first kappa shape index (κ1) is 9.59. The van der Waals surface area contributed by atoms with E-state index in [1.165, 1.54) is 14.0 Å². The van der Waals surface area contributed by atoms with Gasteiger partial charge in [-0.25, -0.2) is 0 Å². The molecular weight excluding hydrogens is 132 g/mol. The molecule has 0 aromatic heterocycles. The van der Waals surface area contributed by atoms with Crippen LogP contribution in [0.1, 0.15) is 20.3 Å². The molecular formula is C7H14O3. The summed E-state index contributed by atoms with van der Waals surface area (Å²) >= 11 is 0. The quantitative estimate of drug-likeness (QED) is 0.590. The summed E-state index contributed by atoms with van der Waals surface area (Å²) in [7, 11) is 1.42. The number of Topliss-reactive ketones (excluding diaryl/α,β-unsaturated/α-hetero) is 1. The van der Waals surface area contributed by atoms with Gasteiger partial charge in [0, 0.05) is 19.4 Å². The number of aliphatic hydroxyl groups is 1. The molecule has 0 aromatic rings. The number of rotatable bonds is 4. The van der Waals surface area contributed by atoms with Gasteiger partial charge in [-0.05, 0) is 6.92 Å². The lowest BCUT2D eigenvalue weighted by atomic mass is 10.1. The summed E-state index contributed by atoms with van der Waals surface area (Å²) in [5.41, 5.74) is 0. The zero-order chi connectivity index (χ0) is 8.15. The van der Waals surface area contributed by atoms with Crippen molar-refractivity contribution in [1.29, 1.82) is 0 Å². The highest BCUT2D eigenvalue weighted by Crippen LogP contribution is 2.08. The maximum Gasteiger partial charge on any atom is 0.157 e. The molecule has 0 radical (unpaired) electrons. The van der Waals surface area contributed by atoms with Gasteiger partial charge in [-0.1, -0.05) is 6.92 Å². The highest BCUT2D eigenvalue weighted by molar-refractivity contribution is 5.75. The second-order valence-electron chi connectivity index (χ2n) is 2.51. The Labute approximate surface area is 61.0 Å². The third-order valence-electron chi connectivity index (χ3n) is 1.34. The molecule has 0 heterocycles. The van der Waals surface area contributed by atoms with E-state index in [0.29, 0.717) is 6.42 Å². The van der Waals surface area contributed by atoms with Crippen molar-refractivity contribution in [2.24, 2.45) is 5.92 Å².